The van der Waals surface area contributed by atoms with Crippen molar-refractivity contribution in [2.24, 2.45) is 5.73 Å². The molecular weight excluding hydrogens is 462 g/mol. The van der Waals surface area contributed by atoms with Gasteiger partial charge in [0.05, 0.1) is 24.8 Å². The van der Waals surface area contributed by atoms with Crippen LogP contribution in [0.25, 0.3) is 21.7 Å². The summed E-state index contributed by atoms with van der Waals surface area (Å²) in [6.07, 6.45) is 0. The van der Waals surface area contributed by atoms with Gasteiger partial charge < -0.3 is 19.9 Å². The van der Waals surface area contributed by atoms with Crippen LogP contribution in [0.1, 0.15) is 15.4 Å². The molecule has 1 amide bonds. The summed E-state index contributed by atoms with van der Waals surface area (Å²) in [4.78, 5) is 17.0. The average molecular weight is 483 g/mol. The molecular formula is C25H20F2N2O4S. The number of amides is 1. The number of benzene rings is 3. The van der Waals surface area contributed by atoms with Gasteiger partial charge in [-0.15, -0.1) is 11.3 Å². The first-order chi connectivity index (χ1) is 16.4. The van der Waals surface area contributed by atoms with Crippen LogP contribution in [-0.2, 0) is 6.61 Å². The van der Waals surface area contributed by atoms with E-state index in [1.54, 1.807) is 14.2 Å². The van der Waals surface area contributed by atoms with Gasteiger partial charge in [-0.3, -0.25) is 4.79 Å². The molecule has 0 fully saturated rings. The van der Waals surface area contributed by atoms with Crippen molar-refractivity contribution in [3.05, 3.63) is 82.9 Å². The van der Waals surface area contributed by atoms with Gasteiger partial charge in [0.15, 0.2) is 11.6 Å². The molecule has 4 rings (SSSR count). The number of halogens is 2. The Labute approximate surface area is 198 Å². The molecule has 1 heterocycles. The second-order valence-electron chi connectivity index (χ2n) is 7.13. The Hall–Kier alpha value is -3.98. The van der Waals surface area contributed by atoms with Crippen LogP contribution in [0, 0.1) is 11.6 Å². The summed E-state index contributed by atoms with van der Waals surface area (Å²) >= 11 is 1.37. The topological polar surface area (TPSA) is 83.7 Å². The Morgan fingerprint density at radius 3 is 2.06 bits per heavy atom. The first-order valence-corrected chi connectivity index (χ1v) is 10.9. The van der Waals surface area contributed by atoms with Crippen LogP contribution in [0.5, 0.6) is 17.2 Å². The molecule has 0 atom stereocenters. The lowest BCUT2D eigenvalue weighted by molar-refractivity contribution is 0.0991. The van der Waals surface area contributed by atoms with Gasteiger partial charge in [0.25, 0.3) is 5.91 Å². The van der Waals surface area contributed by atoms with Gasteiger partial charge in [-0.25, -0.2) is 13.8 Å². The molecule has 0 saturated carbocycles. The van der Waals surface area contributed by atoms with E-state index in [1.807, 2.05) is 48.5 Å². The van der Waals surface area contributed by atoms with Gasteiger partial charge in [-0.05, 0) is 66.2 Å². The quantitative estimate of drug-likeness (QED) is 0.361. The Morgan fingerprint density at radius 2 is 1.50 bits per heavy atom. The lowest BCUT2D eigenvalue weighted by Crippen LogP contribution is -2.16. The summed E-state index contributed by atoms with van der Waals surface area (Å²) < 4.78 is 44.3. The van der Waals surface area contributed by atoms with E-state index in [1.165, 1.54) is 11.3 Å². The number of carbonyl (C=O) groups is 1. The smallest absolute Gasteiger partial charge is 0.254 e. The zero-order valence-corrected chi connectivity index (χ0v) is 19.1. The maximum absolute atomic E-state index is 14.5. The van der Waals surface area contributed by atoms with Gasteiger partial charge >= 0.3 is 0 Å². The molecule has 3 aromatic carbocycles. The van der Waals surface area contributed by atoms with Crippen LogP contribution in [0.4, 0.5) is 8.78 Å². The fourth-order valence-corrected chi connectivity index (χ4v) is 4.32. The first-order valence-electron chi connectivity index (χ1n) is 10.1. The van der Waals surface area contributed by atoms with E-state index >= 15 is 0 Å². The molecule has 9 heteroatoms. The van der Waals surface area contributed by atoms with Gasteiger partial charge in [-0.1, -0.05) is 0 Å². The van der Waals surface area contributed by atoms with Crippen LogP contribution < -0.4 is 19.9 Å². The predicted octanol–water partition coefficient (Wildman–Crippen LogP) is 5.45. The van der Waals surface area contributed by atoms with Crippen molar-refractivity contribution in [3.8, 4) is 38.9 Å². The maximum Gasteiger partial charge on any atom is 0.254 e. The summed E-state index contributed by atoms with van der Waals surface area (Å²) in [6, 6.07) is 17.0. The Bertz CT molecular complexity index is 1260. The fourth-order valence-electron chi connectivity index (χ4n) is 3.32. The number of hydrogen-bond acceptors (Lipinski definition) is 6. The summed E-state index contributed by atoms with van der Waals surface area (Å²) in [5.74, 6) is -2.25. The minimum Gasteiger partial charge on any atom is -0.497 e. The molecule has 0 spiro atoms. The molecule has 2 N–H and O–H groups in total. The fraction of sp³-hybridized carbons (Fsp3) is 0.120. The normalized spacial score (nSPS) is 10.7. The van der Waals surface area contributed by atoms with Crippen LogP contribution >= 0.6 is 11.3 Å². The molecule has 0 aliphatic heterocycles. The first kappa shape index (κ1) is 23.2. The standard InChI is InChI=1S/C25H20F2N2O4S/c1-31-16-7-3-14(4-8-16)23-24(15-5-9-17(32-2)10-6-15)34-20(29-23)13-33-19-12-11-18(26)21(22(19)27)25(28)30/h3-12H,13H2,1-2H3,(H2,28,30). The van der Waals surface area contributed by atoms with Gasteiger partial charge in [0.1, 0.15) is 34.5 Å². The largest absolute Gasteiger partial charge is 0.497 e. The highest BCUT2D eigenvalue weighted by molar-refractivity contribution is 7.15. The summed E-state index contributed by atoms with van der Waals surface area (Å²) in [7, 11) is 3.19. The number of rotatable bonds is 8. The van der Waals surface area contributed by atoms with E-state index < -0.39 is 23.1 Å². The molecule has 0 unspecified atom stereocenters. The van der Waals surface area contributed by atoms with E-state index in [0.717, 1.165) is 33.9 Å². The monoisotopic (exact) mass is 482 g/mol. The predicted molar refractivity (Wildman–Crippen MR) is 125 cm³/mol. The highest BCUT2D eigenvalue weighted by atomic mass is 32.1. The molecule has 1 aromatic heterocycles. The number of carbonyl (C=O) groups excluding carboxylic acids is 1. The summed E-state index contributed by atoms with van der Waals surface area (Å²) in [5.41, 5.74) is 6.74. The third-order valence-electron chi connectivity index (χ3n) is 5.04. The molecule has 0 aliphatic carbocycles. The SMILES string of the molecule is COc1ccc(-c2nc(COc3ccc(F)c(C(N)=O)c3F)sc2-c2ccc(OC)cc2)cc1. The van der Waals surface area contributed by atoms with Crippen molar-refractivity contribution in [1.82, 2.24) is 4.98 Å². The second-order valence-corrected chi connectivity index (χ2v) is 8.21. The Kier molecular flexibility index (Phi) is 6.74. The Morgan fingerprint density at radius 1 is 0.912 bits per heavy atom. The highest BCUT2D eigenvalue weighted by Crippen LogP contribution is 2.38. The second kappa shape index (κ2) is 9.88. The number of hydrogen-bond donors (Lipinski definition) is 1. The van der Waals surface area contributed by atoms with Crippen molar-refractivity contribution in [2.75, 3.05) is 14.2 Å². The van der Waals surface area contributed by atoms with E-state index in [0.29, 0.717) is 16.5 Å². The zero-order valence-electron chi connectivity index (χ0n) is 18.3. The van der Waals surface area contributed by atoms with Crippen molar-refractivity contribution >= 4 is 17.2 Å². The van der Waals surface area contributed by atoms with Gasteiger partial charge in [0.2, 0.25) is 0 Å². The number of primary amides is 1. The molecule has 0 radical (unpaired) electrons. The van der Waals surface area contributed by atoms with Crippen LogP contribution in [-0.4, -0.2) is 25.1 Å². The number of nitrogens with two attached hydrogens (primary N) is 1. The van der Waals surface area contributed by atoms with E-state index in [4.69, 9.17) is 24.9 Å². The lowest BCUT2D eigenvalue weighted by atomic mass is 10.1. The molecule has 0 aliphatic rings. The van der Waals surface area contributed by atoms with E-state index in [9.17, 15) is 13.6 Å². The number of aromatic nitrogens is 1. The van der Waals surface area contributed by atoms with Crippen molar-refractivity contribution in [3.63, 3.8) is 0 Å². The maximum atomic E-state index is 14.5. The lowest BCUT2D eigenvalue weighted by Gasteiger charge is -2.08. The molecule has 174 valence electrons. The van der Waals surface area contributed by atoms with Crippen molar-refractivity contribution < 1.29 is 27.8 Å². The molecule has 34 heavy (non-hydrogen) atoms. The van der Waals surface area contributed by atoms with Crippen LogP contribution in [0.15, 0.2) is 60.7 Å². The average Bonchev–Trinajstić information content (AvgIpc) is 3.28. The van der Waals surface area contributed by atoms with Crippen LogP contribution in [0.3, 0.4) is 0 Å². The highest BCUT2D eigenvalue weighted by Gasteiger charge is 2.21. The van der Waals surface area contributed by atoms with Gasteiger partial charge in [-0.2, -0.15) is 0 Å². The number of nitrogens with zero attached hydrogens (tertiary/aromatic N) is 1. The van der Waals surface area contributed by atoms with Crippen molar-refractivity contribution in [2.45, 2.75) is 6.61 Å². The number of thiazole rings is 1. The van der Waals surface area contributed by atoms with Gasteiger partial charge in [0, 0.05) is 5.56 Å². The van der Waals surface area contributed by atoms with Crippen molar-refractivity contribution in [1.29, 1.82) is 0 Å². The van der Waals surface area contributed by atoms with E-state index in [-0.39, 0.29) is 12.4 Å². The molecule has 0 bridgehead atoms. The number of methoxy groups -OCH3 is 2. The third kappa shape index (κ3) is 4.69. The summed E-state index contributed by atoms with van der Waals surface area (Å²) in [6.45, 7) is -0.0925. The molecule has 6 nitrogen and oxygen atoms in total. The molecule has 4 aromatic rings. The Balaban J connectivity index is 1.69. The molecule has 0 saturated heterocycles. The minimum atomic E-state index is -1.21. The van der Waals surface area contributed by atoms with E-state index in [2.05, 4.69) is 0 Å². The van der Waals surface area contributed by atoms with Crippen LogP contribution in [0.2, 0.25) is 0 Å². The summed E-state index contributed by atoms with van der Waals surface area (Å²) in [5, 5.41) is 0.556. The zero-order chi connectivity index (χ0) is 24.2. The minimum absolute atomic E-state index is 0.0925. The number of ether oxygens (including phenoxy) is 3. The third-order valence-corrected chi connectivity index (χ3v) is 6.12.